The molecule has 0 aliphatic heterocycles. The lowest BCUT2D eigenvalue weighted by Gasteiger charge is -2.06. The predicted molar refractivity (Wildman–Crippen MR) is 79.4 cm³/mol. The van der Waals surface area contributed by atoms with Crippen LogP contribution in [-0.2, 0) is 13.5 Å². The van der Waals surface area contributed by atoms with Gasteiger partial charge in [0.05, 0.1) is 12.1 Å². The number of carbonyl (C=O) groups is 1. The molecule has 0 bridgehead atoms. The second kappa shape index (κ2) is 7.22. The van der Waals surface area contributed by atoms with Crippen LogP contribution >= 0.6 is 0 Å². The summed E-state index contributed by atoms with van der Waals surface area (Å²) in [5.41, 5.74) is 6.25. The number of hydrogen-bond acceptors (Lipinski definition) is 4. The molecule has 2 heterocycles. The van der Waals surface area contributed by atoms with Crippen LogP contribution in [0.1, 0.15) is 21.9 Å². The van der Waals surface area contributed by atoms with Gasteiger partial charge in [-0.3, -0.25) is 4.79 Å². The van der Waals surface area contributed by atoms with Gasteiger partial charge in [0.1, 0.15) is 11.5 Å². The predicted octanol–water partition coefficient (Wildman–Crippen LogP) is 0.0978. The zero-order chi connectivity index (χ0) is 15.1. The summed E-state index contributed by atoms with van der Waals surface area (Å²) in [6, 6.07) is 3.49. The number of carbonyl (C=O) groups excluding carboxylic acids is 1. The highest BCUT2D eigenvalue weighted by Crippen LogP contribution is 2.03. The normalized spacial score (nSPS) is 9.81. The van der Waals surface area contributed by atoms with E-state index in [0.717, 1.165) is 5.82 Å². The van der Waals surface area contributed by atoms with E-state index in [0.29, 0.717) is 24.2 Å². The Balaban J connectivity index is 1.99. The molecular formula is C15H17N5O. The summed E-state index contributed by atoms with van der Waals surface area (Å²) in [6.07, 6.45) is 5.83. The average molecular weight is 283 g/mol. The Morgan fingerprint density at radius 1 is 1.43 bits per heavy atom. The maximum atomic E-state index is 12.1. The van der Waals surface area contributed by atoms with Gasteiger partial charge in [-0.15, -0.1) is 0 Å². The fourth-order valence-corrected chi connectivity index (χ4v) is 1.84. The van der Waals surface area contributed by atoms with E-state index in [-0.39, 0.29) is 12.5 Å². The van der Waals surface area contributed by atoms with Crippen LogP contribution in [0, 0.1) is 11.8 Å². The lowest BCUT2D eigenvalue weighted by atomic mass is 10.2. The third-order valence-corrected chi connectivity index (χ3v) is 2.90. The summed E-state index contributed by atoms with van der Waals surface area (Å²) in [6.45, 7) is 0.735. The quantitative estimate of drug-likeness (QED) is 0.779. The van der Waals surface area contributed by atoms with E-state index in [1.165, 1.54) is 0 Å². The third kappa shape index (κ3) is 3.91. The van der Waals surface area contributed by atoms with Crippen molar-refractivity contribution in [3.8, 4) is 11.8 Å². The Morgan fingerprint density at radius 2 is 2.29 bits per heavy atom. The minimum absolute atomic E-state index is 0.244. The molecule has 2 aromatic heterocycles. The zero-order valence-electron chi connectivity index (χ0n) is 11.8. The van der Waals surface area contributed by atoms with E-state index in [4.69, 9.17) is 5.73 Å². The Bertz CT molecular complexity index is 681. The Hall–Kier alpha value is -2.65. The second-order valence-corrected chi connectivity index (χ2v) is 4.37. The lowest BCUT2D eigenvalue weighted by molar-refractivity contribution is 0.0948. The van der Waals surface area contributed by atoms with Crippen molar-refractivity contribution in [1.29, 1.82) is 0 Å². The smallest absolute Gasteiger partial charge is 0.271 e. The van der Waals surface area contributed by atoms with E-state index >= 15 is 0 Å². The van der Waals surface area contributed by atoms with Crippen molar-refractivity contribution in [1.82, 2.24) is 19.9 Å². The number of amides is 1. The molecule has 108 valence electrons. The standard InChI is InChI=1S/C15H17N5O/c1-20-11-10-17-13(20)6-9-19-15(21)14-12(4-2-7-16)5-3-8-18-14/h3,5,8,10-11H,6-7,9,16H2,1H3,(H,19,21). The van der Waals surface area contributed by atoms with Gasteiger partial charge in [-0.05, 0) is 12.1 Å². The van der Waals surface area contributed by atoms with Crippen molar-refractivity contribution in [2.75, 3.05) is 13.1 Å². The molecule has 0 spiro atoms. The Labute approximate surface area is 123 Å². The van der Waals surface area contributed by atoms with Crippen LogP contribution < -0.4 is 11.1 Å². The van der Waals surface area contributed by atoms with E-state index in [9.17, 15) is 4.79 Å². The van der Waals surface area contributed by atoms with E-state index in [2.05, 4.69) is 27.1 Å². The minimum atomic E-state index is -0.244. The van der Waals surface area contributed by atoms with Crippen molar-refractivity contribution in [2.24, 2.45) is 12.8 Å². The summed E-state index contributed by atoms with van der Waals surface area (Å²) in [5.74, 6) is 6.25. The molecule has 3 N–H and O–H groups in total. The largest absolute Gasteiger partial charge is 0.350 e. The van der Waals surface area contributed by atoms with Crippen LogP contribution in [0.4, 0.5) is 0 Å². The van der Waals surface area contributed by atoms with Gasteiger partial charge in [-0.2, -0.15) is 0 Å². The monoisotopic (exact) mass is 283 g/mol. The number of hydrogen-bond donors (Lipinski definition) is 2. The Morgan fingerprint density at radius 3 is 3.00 bits per heavy atom. The van der Waals surface area contributed by atoms with Crippen LogP contribution in [-0.4, -0.2) is 33.5 Å². The maximum Gasteiger partial charge on any atom is 0.271 e. The highest BCUT2D eigenvalue weighted by atomic mass is 16.1. The topological polar surface area (TPSA) is 85.8 Å². The van der Waals surface area contributed by atoms with Crippen molar-refractivity contribution in [3.05, 3.63) is 47.8 Å². The summed E-state index contributed by atoms with van der Waals surface area (Å²) in [4.78, 5) is 20.4. The summed E-state index contributed by atoms with van der Waals surface area (Å²) in [7, 11) is 1.92. The molecule has 0 aliphatic carbocycles. The van der Waals surface area contributed by atoms with Gasteiger partial charge in [0.25, 0.3) is 5.91 Å². The lowest BCUT2D eigenvalue weighted by Crippen LogP contribution is -2.28. The van der Waals surface area contributed by atoms with Crippen molar-refractivity contribution in [3.63, 3.8) is 0 Å². The summed E-state index contributed by atoms with van der Waals surface area (Å²) < 4.78 is 1.92. The first-order chi connectivity index (χ1) is 10.2. The van der Waals surface area contributed by atoms with Gasteiger partial charge in [0, 0.05) is 38.6 Å². The fourth-order valence-electron chi connectivity index (χ4n) is 1.84. The fraction of sp³-hybridized carbons (Fsp3) is 0.267. The highest BCUT2D eigenvalue weighted by molar-refractivity contribution is 5.94. The first kappa shape index (κ1) is 14.8. The number of imidazole rings is 1. The number of rotatable bonds is 4. The Kier molecular flexibility index (Phi) is 5.07. The molecule has 2 aromatic rings. The SMILES string of the molecule is Cn1ccnc1CCNC(=O)c1ncccc1C#CCN. The molecule has 0 saturated carbocycles. The molecule has 2 rings (SSSR count). The summed E-state index contributed by atoms with van der Waals surface area (Å²) in [5, 5.41) is 2.83. The average Bonchev–Trinajstić information content (AvgIpc) is 2.91. The van der Waals surface area contributed by atoms with Crippen molar-refractivity contribution < 1.29 is 4.79 Å². The van der Waals surface area contributed by atoms with Gasteiger partial charge in [-0.1, -0.05) is 11.8 Å². The first-order valence-electron chi connectivity index (χ1n) is 6.60. The van der Waals surface area contributed by atoms with E-state index in [1.807, 2.05) is 17.8 Å². The molecule has 0 fully saturated rings. The highest BCUT2D eigenvalue weighted by Gasteiger charge is 2.11. The number of aromatic nitrogens is 3. The number of nitrogens with zero attached hydrogens (tertiary/aromatic N) is 3. The number of nitrogens with two attached hydrogens (primary N) is 1. The molecule has 0 radical (unpaired) electrons. The summed E-state index contributed by atoms with van der Waals surface area (Å²) >= 11 is 0. The molecule has 0 aromatic carbocycles. The van der Waals surface area contributed by atoms with Crippen molar-refractivity contribution >= 4 is 5.91 Å². The van der Waals surface area contributed by atoms with Gasteiger partial charge in [0.2, 0.25) is 0 Å². The number of nitrogens with one attached hydrogen (secondary N) is 1. The molecule has 0 aliphatic rings. The molecule has 6 nitrogen and oxygen atoms in total. The second-order valence-electron chi connectivity index (χ2n) is 4.37. The molecule has 0 unspecified atom stereocenters. The number of pyridine rings is 1. The number of aryl methyl sites for hydroxylation is 1. The van der Waals surface area contributed by atoms with Crippen LogP contribution in [0.15, 0.2) is 30.7 Å². The van der Waals surface area contributed by atoms with Crippen molar-refractivity contribution in [2.45, 2.75) is 6.42 Å². The minimum Gasteiger partial charge on any atom is -0.350 e. The van der Waals surface area contributed by atoms with Crippen LogP contribution in [0.5, 0.6) is 0 Å². The van der Waals surface area contributed by atoms with E-state index < -0.39 is 0 Å². The van der Waals surface area contributed by atoms with Gasteiger partial charge in [-0.25, -0.2) is 9.97 Å². The molecule has 21 heavy (non-hydrogen) atoms. The first-order valence-corrected chi connectivity index (χ1v) is 6.60. The van der Waals surface area contributed by atoms with Gasteiger partial charge >= 0.3 is 0 Å². The van der Waals surface area contributed by atoms with Crippen LogP contribution in [0.2, 0.25) is 0 Å². The molecular weight excluding hydrogens is 266 g/mol. The molecule has 0 saturated heterocycles. The molecule has 6 heteroatoms. The maximum absolute atomic E-state index is 12.1. The third-order valence-electron chi connectivity index (χ3n) is 2.90. The molecule has 1 amide bonds. The van der Waals surface area contributed by atoms with Gasteiger partial charge < -0.3 is 15.6 Å². The van der Waals surface area contributed by atoms with Crippen LogP contribution in [0.25, 0.3) is 0 Å². The van der Waals surface area contributed by atoms with E-state index in [1.54, 1.807) is 24.5 Å². The van der Waals surface area contributed by atoms with Crippen LogP contribution in [0.3, 0.4) is 0 Å². The zero-order valence-corrected chi connectivity index (χ0v) is 11.8. The van der Waals surface area contributed by atoms with Gasteiger partial charge in [0.15, 0.2) is 0 Å². The molecule has 0 atom stereocenters.